The zero-order valence-corrected chi connectivity index (χ0v) is 23.9. The summed E-state index contributed by atoms with van der Waals surface area (Å²) in [5, 5.41) is 16.6. The van der Waals surface area contributed by atoms with E-state index in [-0.39, 0.29) is 23.9 Å². The number of para-hydroxylation sites is 1. The molecule has 214 valence electrons. The maximum atomic E-state index is 14.0. The monoisotopic (exact) mass is 591 g/mol. The molecule has 43 heavy (non-hydrogen) atoms. The lowest BCUT2D eigenvalue weighted by atomic mass is 9.92. The molecule has 0 spiro atoms. The first kappa shape index (κ1) is 27.9. The molecule has 10 nitrogen and oxygen atoms in total. The Balaban J connectivity index is 1.33. The van der Waals surface area contributed by atoms with E-state index in [4.69, 9.17) is 16.7 Å². The maximum Gasteiger partial charge on any atom is 0.247 e. The molecule has 0 saturated heterocycles. The standard InChI is InChI=1S/C32H26ClN7O3/c1-21(41)23-9-7-22(8-10-23)17-30(42)32-27-19-39(26-5-3-2-4-6-26)35-28(27)15-16-38(32)31(43)14-11-24-18-25(33)12-13-29(24)40-20-34-36-37-40/h2-14,18-20,32H,15-17H2,1H3/b14-11+. The Morgan fingerprint density at radius 2 is 1.79 bits per heavy atom. The fraction of sp³-hybridized carbons (Fsp3) is 0.156. The summed E-state index contributed by atoms with van der Waals surface area (Å²) in [6.45, 7) is 1.82. The summed E-state index contributed by atoms with van der Waals surface area (Å²) in [6, 6.07) is 21.0. The molecule has 6 rings (SSSR count). The van der Waals surface area contributed by atoms with Crippen molar-refractivity contribution in [2.75, 3.05) is 6.54 Å². The van der Waals surface area contributed by atoms with Crippen molar-refractivity contribution in [3.63, 3.8) is 0 Å². The molecule has 0 N–H and O–H groups in total. The third-order valence-electron chi connectivity index (χ3n) is 7.36. The normalized spacial score (nSPS) is 14.6. The minimum Gasteiger partial charge on any atom is -0.324 e. The Morgan fingerprint density at radius 1 is 1.00 bits per heavy atom. The van der Waals surface area contributed by atoms with Gasteiger partial charge in [-0.3, -0.25) is 14.4 Å². The van der Waals surface area contributed by atoms with E-state index in [0.717, 1.165) is 16.9 Å². The second kappa shape index (κ2) is 11.9. The van der Waals surface area contributed by atoms with Gasteiger partial charge in [0.2, 0.25) is 5.91 Å². The van der Waals surface area contributed by atoms with Crippen LogP contribution in [0.15, 0.2) is 91.4 Å². The van der Waals surface area contributed by atoms with Gasteiger partial charge in [-0.15, -0.1) is 5.10 Å². The van der Waals surface area contributed by atoms with Gasteiger partial charge in [-0.05, 0) is 59.3 Å². The lowest BCUT2D eigenvalue weighted by molar-refractivity contribution is -0.136. The van der Waals surface area contributed by atoms with Gasteiger partial charge in [0, 0.05) is 53.4 Å². The zero-order valence-electron chi connectivity index (χ0n) is 23.2. The Bertz CT molecular complexity index is 1830. The van der Waals surface area contributed by atoms with Crippen molar-refractivity contribution in [1.29, 1.82) is 0 Å². The lowest BCUT2D eigenvalue weighted by Gasteiger charge is -2.33. The van der Waals surface area contributed by atoms with E-state index in [2.05, 4.69) is 15.5 Å². The highest BCUT2D eigenvalue weighted by molar-refractivity contribution is 6.30. The molecular weight excluding hydrogens is 566 g/mol. The lowest BCUT2D eigenvalue weighted by Crippen LogP contribution is -2.43. The molecule has 3 heterocycles. The van der Waals surface area contributed by atoms with Crippen molar-refractivity contribution in [2.45, 2.75) is 25.8 Å². The topological polar surface area (TPSA) is 116 Å². The van der Waals surface area contributed by atoms with Crippen molar-refractivity contribution >= 4 is 35.2 Å². The molecule has 1 aliphatic heterocycles. The number of halogens is 1. The number of benzene rings is 3. The molecule has 5 aromatic rings. The first-order valence-corrected chi connectivity index (χ1v) is 14.0. The SMILES string of the molecule is CC(=O)c1ccc(CC(=O)C2c3cn(-c4ccccc4)nc3CCN2C(=O)/C=C/c2cc(Cl)ccc2-n2cnnn2)cc1. The minimum absolute atomic E-state index is 0.0466. The summed E-state index contributed by atoms with van der Waals surface area (Å²) < 4.78 is 3.23. The Kier molecular flexibility index (Phi) is 7.76. The van der Waals surface area contributed by atoms with E-state index in [9.17, 15) is 14.4 Å². The van der Waals surface area contributed by atoms with Crippen molar-refractivity contribution in [3.05, 3.63) is 124 Å². The molecule has 1 unspecified atom stereocenters. The Labute approximate surface area is 252 Å². The summed E-state index contributed by atoms with van der Waals surface area (Å²) in [5.74, 6) is -0.524. The number of carbonyl (C=O) groups is 3. The molecule has 1 aliphatic rings. The molecular formula is C32H26ClN7O3. The number of rotatable bonds is 8. The zero-order chi connectivity index (χ0) is 29.9. The van der Waals surface area contributed by atoms with Crippen LogP contribution in [0, 0.1) is 0 Å². The van der Waals surface area contributed by atoms with E-state index >= 15 is 0 Å². The minimum atomic E-state index is -0.843. The molecule has 0 aliphatic carbocycles. The van der Waals surface area contributed by atoms with Crippen LogP contribution in [0.3, 0.4) is 0 Å². The Morgan fingerprint density at radius 3 is 2.51 bits per heavy atom. The first-order valence-electron chi connectivity index (χ1n) is 13.7. The van der Waals surface area contributed by atoms with Crippen LogP contribution >= 0.6 is 11.6 Å². The Hall–Kier alpha value is -5.22. The number of amides is 1. The molecule has 1 amide bonds. The number of ketones is 2. The summed E-state index contributed by atoms with van der Waals surface area (Å²) >= 11 is 6.26. The molecule has 2 aromatic heterocycles. The van der Waals surface area contributed by atoms with Crippen LogP contribution < -0.4 is 0 Å². The van der Waals surface area contributed by atoms with Crippen molar-refractivity contribution in [2.24, 2.45) is 0 Å². The largest absolute Gasteiger partial charge is 0.324 e. The van der Waals surface area contributed by atoms with Gasteiger partial charge in [-0.2, -0.15) is 9.78 Å². The number of hydrogen-bond donors (Lipinski definition) is 0. The molecule has 1 atom stereocenters. The van der Waals surface area contributed by atoms with Crippen LogP contribution in [0.2, 0.25) is 5.02 Å². The summed E-state index contributed by atoms with van der Waals surface area (Å²) in [5.41, 5.74) is 4.94. The third-order valence-corrected chi connectivity index (χ3v) is 7.59. The maximum absolute atomic E-state index is 14.0. The highest BCUT2D eigenvalue weighted by Gasteiger charge is 2.37. The number of Topliss-reactive ketones (excluding diaryl/α,β-unsaturated/α-hetero) is 2. The number of aromatic nitrogens is 6. The van der Waals surface area contributed by atoms with Crippen molar-refractivity contribution in [3.8, 4) is 11.4 Å². The predicted octanol–water partition coefficient (Wildman–Crippen LogP) is 4.66. The van der Waals surface area contributed by atoms with Gasteiger partial charge in [0.05, 0.1) is 17.1 Å². The second-order valence-corrected chi connectivity index (χ2v) is 10.6. The van der Waals surface area contributed by atoms with Crippen LogP contribution in [0.4, 0.5) is 0 Å². The summed E-state index contributed by atoms with van der Waals surface area (Å²) in [4.78, 5) is 41.1. The van der Waals surface area contributed by atoms with Crippen LogP contribution in [-0.2, 0) is 22.4 Å². The highest BCUT2D eigenvalue weighted by atomic mass is 35.5. The number of tetrazole rings is 1. The number of fused-ring (bicyclic) bond motifs is 1. The van der Waals surface area contributed by atoms with E-state index in [1.807, 2.05) is 36.5 Å². The quantitative estimate of drug-likeness (QED) is 0.190. The van der Waals surface area contributed by atoms with Crippen LogP contribution in [0.1, 0.15) is 45.7 Å². The van der Waals surface area contributed by atoms with E-state index < -0.39 is 6.04 Å². The highest BCUT2D eigenvalue weighted by Crippen LogP contribution is 2.32. The van der Waals surface area contributed by atoms with E-state index in [1.165, 1.54) is 24.0 Å². The first-order chi connectivity index (χ1) is 20.9. The average molecular weight is 592 g/mol. The molecule has 0 fully saturated rings. The van der Waals surface area contributed by atoms with Gasteiger partial charge in [0.1, 0.15) is 12.4 Å². The average Bonchev–Trinajstić information content (AvgIpc) is 3.71. The smallest absolute Gasteiger partial charge is 0.247 e. The molecule has 0 bridgehead atoms. The van der Waals surface area contributed by atoms with Crippen molar-refractivity contribution < 1.29 is 14.4 Å². The van der Waals surface area contributed by atoms with E-state index in [0.29, 0.717) is 40.4 Å². The van der Waals surface area contributed by atoms with Gasteiger partial charge in [0.25, 0.3) is 0 Å². The van der Waals surface area contributed by atoms with Crippen molar-refractivity contribution in [1.82, 2.24) is 34.9 Å². The number of nitrogens with zero attached hydrogens (tertiary/aromatic N) is 7. The number of hydrogen-bond acceptors (Lipinski definition) is 7. The molecule has 3 aromatic carbocycles. The molecule has 11 heteroatoms. The van der Waals surface area contributed by atoms with Gasteiger partial charge in [-0.1, -0.05) is 54.1 Å². The summed E-state index contributed by atoms with van der Waals surface area (Å²) in [6.07, 6.45) is 6.96. The number of carbonyl (C=O) groups excluding carboxylic acids is 3. The van der Waals surface area contributed by atoms with Gasteiger partial charge in [-0.25, -0.2) is 4.68 Å². The van der Waals surface area contributed by atoms with Gasteiger partial charge >= 0.3 is 0 Å². The van der Waals surface area contributed by atoms with Crippen LogP contribution in [0.25, 0.3) is 17.5 Å². The third kappa shape index (κ3) is 5.91. The molecule has 0 radical (unpaired) electrons. The van der Waals surface area contributed by atoms with Gasteiger partial charge < -0.3 is 4.90 Å². The molecule has 0 saturated carbocycles. The van der Waals surface area contributed by atoms with Crippen LogP contribution in [-0.4, -0.2) is 58.9 Å². The fourth-order valence-corrected chi connectivity index (χ4v) is 5.40. The predicted molar refractivity (Wildman–Crippen MR) is 160 cm³/mol. The van der Waals surface area contributed by atoms with Gasteiger partial charge in [0.15, 0.2) is 11.6 Å². The fourth-order valence-electron chi connectivity index (χ4n) is 5.22. The summed E-state index contributed by atoms with van der Waals surface area (Å²) in [7, 11) is 0. The van der Waals surface area contributed by atoms with E-state index in [1.54, 1.807) is 58.1 Å². The van der Waals surface area contributed by atoms with Crippen LogP contribution in [0.5, 0.6) is 0 Å². The second-order valence-electron chi connectivity index (χ2n) is 10.2.